The van der Waals surface area contributed by atoms with Crippen molar-refractivity contribution in [3.63, 3.8) is 0 Å². The molecule has 0 bridgehead atoms. The lowest BCUT2D eigenvalue weighted by Gasteiger charge is -2.05. The molecule has 0 saturated carbocycles. The van der Waals surface area contributed by atoms with Crippen molar-refractivity contribution in [3.05, 3.63) is 43.6 Å². The van der Waals surface area contributed by atoms with Gasteiger partial charge in [-0.1, -0.05) is 25.3 Å². The number of hydrogen-bond acceptors (Lipinski definition) is 3. The highest BCUT2D eigenvalue weighted by molar-refractivity contribution is 5.26. The predicted octanol–water partition coefficient (Wildman–Crippen LogP) is 2.21. The van der Waals surface area contributed by atoms with E-state index in [4.69, 9.17) is 9.47 Å². The number of hydrogen-bond donors (Lipinski definition) is 0. The summed E-state index contributed by atoms with van der Waals surface area (Å²) in [6.45, 7) is 8.03. The molecule has 0 unspecified atom stereocenters. The van der Waals surface area contributed by atoms with Gasteiger partial charge in [0.15, 0.2) is 0 Å². The maximum absolute atomic E-state index is 5.31. The fraction of sp³-hybridized carbons (Fsp3) is 0.182. The van der Waals surface area contributed by atoms with Gasteiger partial charge in [-0.15, -0.1) is 0 Å². The van der Waals surface area contributed by atoms with Crippen molar-refractivity contribution >= 4 is 0 Å². The second-order valence-electron chi connectivity index (χ2n) is 2.53. The lowest BCUT2D eigenvalue weighted by molar-refractivity contribution is 0.334. The minimum absolute atomic E-state index is 0.442. The van der Waals surface area contributed by atoms with E-state index in [0.717, 1.165) is 5.75 Å². The first-order valence-corrected chi connectivity index (χ1v) is 4.30. The van der Waals surface area contributed by atoms with Gasteiger partial charge < -0.3 is 9.47 Å². The normalized spacial score (nSPS) is 9.14. The van der Waals surface area contributed by atoms with Crippen LogP contribution in [0.1, 0.15) is 0 Å². The van der Waals surface area contributed by atoms with Gasteiger partial charge >= 0.3 is 0 Å². The summed E-state index contributed by atoms with van der Waals surface area (Å²) < 4.78 is 10.6. The molecular formula is C11H13NO2. The molecule has 1 rings (SSSR count). The summed E-state index contributed by atoms with van der Waals surface area (Å²) >= 11 is 0. The summed E-state index contributed by atoms with van der Waals surface area (Å²) in [5.41, 5.74) is 0. The van der Waals surface area contributed by atoms with Gasteiger partial charge in [-0.05, 0) is 6.07 Å². The molecule has 0 atom stereocenters. The molecule has 0 fully saturated rings. The van der Waals surface area contributed by atoms with E-state index >= 15 is 0 Å². The molecule has 0 aliphatic carbocycles. The first kappa shape index (κ1) is 10.3. The van der Waals surface area contributed by atoms with Gasteiger partial charge in [-0.2, -0.15) is 0 Å². The number of ether oxygens (including phenoxy) is 2. The molecule has 1 aromatic heterocycles. The molecule has 1 heterocycles. The van der Waals surface area contributed by atoms with Crippen LogP contribution in [0.25, 0.3) is 0 Å². The lowest BCUT2D eigenvalue weighted by Crippen LogP contribution is -1.97. The third-order valence-corrected chi connectivity index (χ3v) is 1.42. The van der Waals surface area contributed by atoms with Crippen LogP contribution in [-0.2, 0) is 0 Å². The van der Waals surface area contributed by atoms with Crippen LogP contribution in [0, 0.1) is 0 Å². The number of nitrogens with zero attached hydrogens (tertiary/aromatic N) is 1. The molecule has 0 amide bonds. The van der Waals surface area contributed by atoms with Crippen molar-refractivity contribution in [3.8, 4) is 11.6 Å². The van der Waals surface area contributed by atoms with E-state index in [1.165, 1.54) is 0 Å². The SMILES string of the molecule is C=CCOc1ccnc(OCC=C)c1. The molecule has 3 heteroatoms. The maximum Gasteiger partial charge on any atom is 0.217 e. The topological polar surface area (TPSA) is 31.4 Å². The van der Waals surface area contributed by atoms with Crippen molar-refractivity contribution in [2.24, 2.45) is 0 Å². The monoisotopic (exact) mass is 191 g/mol. The Morgan fingerprint density at radius 1 is 1.21 bits per heavy atom. The molecule has 0 aliphatic heterocycles. The van der Waals surface area contributed by atoms with Gasteiger partial charge in [0.25, 0.3) is 0 Å². The molecule has 1 aromatic rings. The molecule has 3 nitrogen and oxygen atoms in total. The van der Waals surface area contributed by atoms with Gasteiger partial charge in [-0.3, -0.25) is 0 Å². The number of pyridine rings is 1. The Morgan fingerprint density at radius 2 is 1.93 bits per heavy atom. The summed E-state index contributed by atoms with van der Waals surface area (Å²) in [5.74, 6) is 1.26. The summed E-state index contributed by atoms with van der Waals surface area (Å²) in [6, 6.07) is 3.50. The molecule has 0 spiro atoms. The van der Waals surface area contributed by atoms with E-state index in [0.29, 0.717) is 19.1 Å². The van der Waals surface area contributed by atoms with Crippen LogP contribution in [0.2, 0.25) is 0 Å². The van der Waals surface area contributed by atoms with E-state index in [1.807, 2.05) is 0 Å². The zero-order valence-electron chi connectivity index (χ0n) is 7.98. The van der Waals surface area contributed by atoms with Crippen LogP contribution in [0.3, 0.4) is 0 Å². The van der Waals surface area contributed by atoms with Crippen LogP contribution in [-0.4, -0.2) is 18.2 Å². The van der Waals surface area contributed by atoms with Crippen molar-refractivity contribution in [1.29, 1.82) is 0 Å². The fourth-order valence-electron chi connectivity index (χ4n) is 0.859. The van der Waals surface area contributed by atoms with Crippen molar-refractivity contribution in [1.82, 2.24) is 4.98 Å². The third kappa shape index (κ3) is 3.31. The fourth-order valence-corrected chi connectivity index (χ4v) is 0.859. The Hall–Kier alpha value is -1.77. The van der Waals surface area contributed by atoms with Crippen LogP contribution >= 0.6 is 0 Å². The Labute approximate surface area is 83.7 Å². The van der Waals surface area contributed by atoms with Crippen molar-refractivity contribution in [2.75, 3.05) is 13.2 Å². The maximum atomic E-state index is 5.31. The summed E-state index contributed by atoms with van der Waals surface area (Å²) in [5, 5.41) is 0. The summed E-state index contributed by atoms with van der Waals surface area (Å²) in [7, 11) is 0. The standard InChI is InChI=1S/C11H13NO2/c1-3-7-13-10-5-6-12-11(9-10)14-8-4-2/h3-6,9H,1-2,7-8H2. The average Bonchev–Trinajstić information content (AvgIpc) is 2.24. The Bertz CT molecular complexity index is 283. The van der Waals surface area contributed by atoms with E-state index in [2.05, 4.69) is 18.1 Å². The smallest absolute Gasteiger partial charge is 0.217 e. The molecule has 14 heavy (non-hydrogen) atoms. The van der Waals surface area contributed by atoms with Gasteiger partial charge in [0.1, 0.15) is 19.0 Å². The molecule has 0 N–H and O–H groups in total. The first-order chi connectivity index (χ1) is 6.86. The van der Waals surface area contributed by atoms with Crippen molar-refractivity contribution in [2.45, 2.75) is 0 Å². The second kappa shape index (κ2) is 5.80. The summed E-state index contributed by atoms with van der Waals surface area (Å²) in [6.07, 6.45) is 4.99. The number of rotatable bonds is 6. The Morgan fingerprint density at radius 3 is 2.64 bits per heavy atom. The van der Waals surface area contributed by atoms with E-state index < -0.39 is 0 Å². The molecule has 74 valence electrons. The van der Waals surface area contributed by atoms with E-state index in [1.54, 1.807) is 30.5 Å². The van der Waals surface area contributed by atoms with Crippen LogP contribution in [0.15, 0.2) is 43.6 Å². The van der Waals surface area contributed by atoms with E-state index in [9.17, 15) is 0 Å². The van der Waals surface area contributed by atoms with Crippen LogP contribution in [0.4, 0.5) is 0 Å². The van der Waals surface area contributed by atoms with Crippen molar-refractivity contribution < 1.29 is 9.47 Å². The molecule has 0 radical (unpaired) electrons. The highest BCUT2D eigenvalue weighted by Gasteiger charge is 1.97. The molecule has 0 saturated heterocycles. The molecule has 0 aliphatic rings. The van der Waals surface area contributed by atoms with Crippen LogP contribution < -0.4 is 9.47 Å². The highest BCUT2D eigenvalue weighted by Crippen LogP contribution is 2.16. The van der Waals surface area contributed by atoms with Gasteiger partial charge in [-0.25, -0.2) is 4.98 Å². The molecular weight excluding hydrogens is 178 g/mol. The largest absolute Gasteiger partial charge is 0.489 e. The van der Waals surface area contributed by atoms with Gasteiger partial charge in [0.05, 0.1) is 0 Å². The van der Waals surface area contributed by atoms with E-state index in [-0.39, 0.29) is 0 Å². The first-order valence-electron chi connectivity index (χ1n) is 4.30. The minimum atomic E-state index is 0.442. The number of aromatic nitrogens is 1. The quantitative estimate of drug-likeness (QED) is 0.646. The average molecular weight is 191 g/mol. The predicted molar refractivity (Wildman–Crippen MR) is 55.6 cm³/mol. The summed E-state index contributed by atoms with van der Waals surface area (Å²) in [4.78, 5) is 4.01. The second-order valence-corrected chi connectivity index (χ2v) is 2.53. The van der Waals surface area contributed by atoms with Gasteiger partial charge in [0.2, 0.25) is 5.88 Å². The zero-order valence-corrected chi connectivity index (χ0v) is 7.98. The highest BCUT2D eigenvalue weighted by atomic mass is 16.5. The third-order valence-electron chi connectivity index (χ3n) is 1.42. The van der Waals surface area contributed by atoms with Crippen LogP contribution in [0.5, 0.6) is 11.6 Å². The van der Waals surface area contributed by atoms with Gasteiger partial charge in [0, 0.05) is 12.3 Å². The molecule has 0 aromatic carbocycles. The lowest BCUT2D eigenvalue weighted by atomic mass is 10.4. The zero-order chi connectivity index (χ0) is 10.2. The Kier molecular flexibility index (Phi) is 4.27. The minimum Gasteiger partial charge on any atom is -0.489 e. The Balaban J connectivity index is 2.58.